The molecule has 1 aromatic carbocycles. The van der Waals surface area contributed by atoms with E-state index < -0.39 is 10.1 Å². The lowest BCUT2D eigenvalue weighted by Crippen LogP contribution is -2.15. The van der Waals surface area contributed by atoms with Gasteiger partial charge in [-0.25, -0.2) is 0 Å². The molecule has 5 heteroatoms. The van der Waals surface area contributed by atoms with E-state index in [9.17, 15) is 8.42 Å². The largest absolute Gasteiger partial charge is 0.381 e. The molecule has 0 spiro atoms. The lowest BCUT2D eigenvalue weighted by atomic mass is 10.2. The number of benzene rings is 1. The van der Waals surface area contributed by atoms with Crippen molar-refractivity contribution < 1.29 is 12.6 Å². The van der Waals surface area contributed by atoms with E-state index >= 15 is 0 Å². The van der Waals surface area contributed by atoms with E-state index in [2.05, 4.69) is 15.9 Å². The van der Waals surface area contributed by atoms with Crippen molar-refractivity contribution >= 4 is 26.0 Å². The highest BCUT2D eigenvalue weighted by atomic mass is 79.9. The summed E-state index contributed by atoms with van der Waals surface area (Å²) in [6.45, 7) is 5.90. The van der Waals surface area contributed by atoms with E-state index in [4.69, 9.17) is 4.18 Å². The number of rotatable bonds is 5. The van der Waals surface area contributed by atoms with Gasteiger partial charge in [-0.05, 0) is 52.9 Å². The van der Waals surface area contributed by atoms with E-state index in [0.29, 0.717) is 22.6 Å². The molecule has 0 N–H and O–H groups in total. The fourth-order valence-corrected chi connectivity index (χ4v) is 3.18. The normalized spacial score (nSPS) is 11.8. The quantitative estimate of drug-likeness (QED) is 0.780. The van der Waals surface area contributed by atoms with Gasteiger partial charge in [0.15, 0.2) is 5.75 Å². The Balaban J connectivity index is 2.76. The molecule has 1 aromatic rings. The van der Waals surface area contributed by atoms with Crippen LogP contribution in [0.25, 0.3) is 0 Å². The smallest absolute Gasteiger partial charge is 0.309 e. The third-order valence-corrected chi connectivity index (χ3v) is 4.04. The first-order valence-electron chi connectivity index (χ1n) is 5.48. The summed E-state index contributed by atoms with van der Waals surface area (Å²) < 4.78 is 29.1. The molecule has 1 rings (SSSR count). The number of aryl methyl sites for hydroxylation is 1. The zero-order chi connectivity index (χ0) is 13.1. The molecular formula is C12H17BrO3S. The van der Waals surface area contributed by atoms with Crippen LogP contribution in [0.1, 0.15) is 25.8 Å². The monoisotopic (exact) mass is 320 g/mol. The first kappa shape index (κ1) is 14.5. The Morgan fingerprint density at radius 3 is 2.53 bits per heavy atom. The first-order chi connectivity index (χ1) is 7.80. The summed E-state index contributed by atoms with van der Waals surface area (Å²) >= 11 is 3.29. The van der Waals surface area contributed by atoms with Crippen molar-refractivity contribution in [2.24, 2.45) is 5.92 Å². The molecule has 0 radical (unpaired) electrons. The van der Waals surface area contributed by atoms with Gasteiger partial charge in [0.2, 0.25) is 0 Å². The minimum atomic E-state index is -3.50. The van der Waals surface area contributed by atoms with Crippen LogP contribution in [0.3, 0.4) is 0 Å². The molecule has 0 saturated carbocycles. The SMILES string of the molecule is Cc1ccc(OS(=O)(=O)CCC(C)C)c(Br)c1. The summed E-state index contributed by atoms with van der Waals surface area (Å²) in [7, 11) is -3.50. The van der Waals surface area contributed by atoms with E-state index in [1.807, 2.05) is 32.9 Å². The van der Waals surface area contributed by atoms with Gasteiger partial charge in [-0.15, -0.1) is 0 Å². The van der Waals surface area contributed by atoms with Gasteiger partial charge in [0.25, 0.3) is 0 Å². The van der Waals surface area contributed by atoms with E-state index in [0.717, 1.165) is 5.56 Å². The summed E-state index contributed by atoms with van der Waals surface area (Å²) in [5.74, 6) is 0.736. The number of hydrogen-bond acceptors (Lipinski definition) is 3. The van der Waals surface area contributed by atoms with E-state index in [-0.39, 0.29) is 5.75 Å². The zero-order valence-electron chi connectivity index (χ0n) is 10.2. The Bertz CT molecular complexity index is 481. The van der Waals surface area contributed by atoms with Crippen LogP contribution in [0.4, 0.5) is 0 Å². The third kappa shape index (κ3) is 5.08. The fraction of sp³-hybridized carbons (Fsp3) is 0.500. The second-order valence-corrected chi connectivity index (χ2v) is 7.01. The van der Waals surface area contributed by atoms with Crippen LogP contribution >= 0.6 is 15.9 Å². The predicted octanol–water partition coefficient (Wildman–Crippen LogP) is 3.51. The fourth-order valence-electron chi connectivity index (χ4n) is 1.23. The van der Waals surface area contributed by atoms with Crippen LogP contribution in [0.2, 0.25) is 0 Å². The molecule has 0 aliphatic heterocycles. The van der Waals surface area contributed by atoms with Gasteiger partial charge in [0.1, 0.15) is 0 Å². The summed E-state index contributed by atoms with van der Waals surface area (Å²) in [6, 6.07) is 5.30. The Morgan fingerprint density at radius 1 is 1.35 bits per heavy atom. The zero-order valence-corrected chi connectivity index (χ0v) is 12.6. The summed E-state index contributed by atoms with van der Waals surface area (Å²) in [5, 5.41) is 0. The molecule has 0 heterocycles. The Kier molecular flexibility index (Phi) is 5.01. The lowest BCUT2D eigenvalue weighted by molar-refractivity contribution is 0.476. The van der Waals surface area contributed by atoms with Gasteiger partial charge in [0.05, 0.1) is 10.2 Å². The second-order valence-electron chi connectivity index (χ2n) is 4.46. The van der Waals surface area contributed by atoms with Crippen LogP contribution in [-0.4, -0.2) is 14.2 Å². The average Bonchev–Trinajstić information content (AvgIpc) is 2.20. The first-order valence-corrected chi connectivity index (χ1v) is 7.85. The Labute approximate surface area is 111 Å². The molecule has 0 aliphatic rings. The number of hydrogen-bond donors (Lipinski definition) is 0. The van der Waals surface area contributed by atoms with Crippen LogP contribution in [0.15, 0.2) is 22.7 Å². The molecule has 0 saturated heterocycles. The van der Waals surface area contributed by atoms with Gasteiger partial charge in [-0.1, -0.05) is 19.9 Å². The average molecular weight is 321 g/mol. The maximum absolute atomic E-state index is 11.7. The van der Waals surface area contributed by atoms with E-state index in [1.54, 1.807) is 6.07 Å². The maximum Gasteiger partial charge on any atom is 0.309 e. The van der Waals surface area contributed by atoms with Crippen LogP contribution in [-0.2, 0) is 10.1 Å². The van der Waals surface area contributed by atoms with Crippen molar-refractivity contribution in [1.29, 1.82) is 0 Å². The molecule has 0 aromatic heterocycles. The van der Waals surface area contributed by atoms with Crippen LogP contribution < -0.4 is 4.18 Å². The van der Waals surface area contributed by atoms with Gasteiger partial charge < -0.3 is 4.18 Å². The highest BCUT2D eigenvalue weighted by Crippen LogP contribution is 2.27. The van der Waals surface area contributed by atoms with Crippen molar-refractivity contribution in [3.8, 4) is 5.75 Å². The molecule has 96 valence electrons. The Hall–Kier alpha value is -0.550. The summed E-state index contributed by atoms with van der Waals surface area (Å²) in [6.07, 6.45) is 0.603. The molecule has 0 aliphatic carbocycles. The van der Waals surface area contributed by atoms with Crippen molar-refractivity contribution in [3.63, 3.8) is 0 Å². The molecule has 0 bridgehead atoms. The van der Waals surface area contributed by atoms with Crippen LogP contribution in [0.5, 0.6) is 5.75 Å². The van der Waals surface area contributed by atoms with Crippen molar-refractivity contribution in [2.75, 3.05) is 5.75 Å². The van der Waals surface area contributed by atoms with Crippen molar-refractivity contribution in [3.05, 3.63) is 28.2 Å². The number of halogens is 1. The standard InChI is InChI=1S/C12H17BrO3S/c1-9(2)6-7-17(14,15)16-12-5-4-10(3)8-11(12)13/h4-5,8-9H,6-7H2,1-3H3. The highest BCUT2D eigenvalue weighted by Gasteiger charge is 2.15. The summed E-state index contributed by atoms with van der Waals surface area (Å²) in [5.41, 5.74) is 1.05. The predicted molar refractivity (Wildman–Crippen MR) is 72.7 cm³/mol. The maximum atomic E-state index is 11.7. The molecule has 0 fully saturated rings. The van der Waals surface area contributed by atoms with Crippen molar-refractivity contribution in [1.82, 2.24) is 0 Å². The molecule has 17 heavy (non-hydrogen) atoms. The third-order valence-electron chi connectivity index (χ3n) is 2.25. The van der Waals surface area contributed by atoms with Gasteiger partial charge in [-0.2, -0.15) is 8.42 Å². The highest BCUT2D eigenvalue weighted by molar-refractivity contribution is 9.10. The molecule has 0 atom stereocenters. The molecular weight excluding hydrogens is 304 g/mol. The molecule has 0 unspecified atom stereocenters. The van der Waals surface area contributed by atoms with E-state index in [1.165, 1.54) is 0 Å². The molecule has 0 amide bonds. The van der Waals surface area contributed by atoms with Gasteiger partial charge >= 0.3 is 10.1 Å². The summed E-state index contributed by atoms with van der Waals surface area (Å²) in [4.78, 5) is 0. The topological polar surface area (TPSA) is 43.4 Å². The lowest BCUT2D eigenvalue weighted by Gasteiger charge is -2.10. The molecule has 3 nitrogen and oxygen atoms in total. The Morgan fingerprint density at radius 2 is 2.00 bits per heavy atom. The van der Waals surface area contributed by atoms with Crippen molar-refractivity contribution in [2.45, 2.75) is 27.2 Å². The van der Waals surface area contributed by atoms with Gasteiger partial charge in [0, 0.05) is 0 Å². The van der Waals surface area contributed by atoms with Crippen LogP contribution in [0, 0.1) is 12.8 Å². The minimum Gasteiger partial charge on any atom is -0.381 e. The van der Waals surface area contributed by atoms with Gasteiger partial charge in [-0.3, -0.25) is 0 Å². The minimum absolute atomic E-state index is 0.0466. The second kappa shape index (κ2) is 5.87.